The van der Waals surface area contributed by atoms with Crippen LogP contribution < -0.4 is 16.0 Å². The molecule has 1 saturated heterocycles. The minimum Gasteiger partial charge on any atom is -0.394 e. The van der Waals surface area contributed by atoms with Gasteiger partial charge in [0.25, 0.3) is 11.8 Å². The van der Waals surface area contributed by atoms with Crippen LogP contribution in [0.4, 0.5) is 11.5 Å². The number of nitrogens with one attached hydrogen (secondary N) is 1. The van der Waals surface area contributed by atoms with Crippen LogP contribution in [0.5, 0.6) is 0 Å². The van der Waals surface area contributed by atoms with E-state index in [4.69, 9.17) is 5.73 Å². The summed E-state index contributed by atoms with van der Waals surface area (Å²) in [4.78, 5) is 52.6. The Morgan fingerprint density at radius 1 is 1.13 bits per heavy atom. The van der Waals surface area contributed by atoms with Crippen molar-refractivity contribution in [2.75, 3.05) is 17.2 Å². The molecule has 10 nitrogen and oxygen atoms in total. The van der Waals surface area contributed by atoms with E-state index in [1.54, 1.807) is 12.1 Å². The van der Waals surface area contributed by atoms with Crippen molar-refractivity contribution in [3.05, 3.63) is 40.6 Å². The summed E-state index contributed by atoms with van der Waals surface area (Å²) in [6.07, 6.45) is 1.16. The minimum absolute atomic E-state index is 0.0958. The molecule has 0 radical (unpaired) electrons. The lowest BCUT2D eigenvalue weighted by Crippen LogP contribution is -2.54. The maximum absolute atomic E-state index is 13.0. The van der Waals surface area contributed by atoms with Gasteiger partial charge >= 0.3 is 0 Å². The highest BCUT2D eigenvalue weighted by Crippen LogP contribution is 2.33. The van der Waals surface area contributed by atoms with Crippen LogP contribution in [0.25, 0.3) is 0 Å². The van der Waals surface area contributed by atoms with Crippen LogP contribution in [0.2, 0.25) is 0 Å². The van der Waals surface area contributed by atoms with Crippen LogP contribution in [-0.2, 0) is 22.7 Å². The fourth-order valence-corrected chi connectivity index (χ4v) is 4.58. The molecule has 10 heteroatoms. The molecule has 31 heavy (non-hydrogen) atoms. The van der Waals surface area contributed by atoms with Crippen molar-refractivity contribution < 1.29 is 19.2 Å². The summed E-state index contributed by atoms with van der Waals surface area (Å²) in [5.41, 5.74) is 9.08. The molecule has 1 fully saturated rings. The zero-order chi connectivity index (χ0) is 21.9. The Labute approximate surface area is 178 Å². The van der Waals surface area contributed by atoms with E-state index in [0.717, 1.165) is 41.5 Å². The zero-order valence-electron chi connectivity index (χ0n) is 17.1. The monoisotopic (exact) mass is 422 g/mol. The molecule has 0 bridgehead atoms. The number of hydrogen-bond donors (Lipinski definition) is 2. The van der Waals surface area contributed by atoms with E-state index >= 15 is 0 Å². The number of carbonyl (C=O) groups excluding carboxylic acids is 4. The van der Waals surface area contributed by atoms with Crippen molar-refractivity contribution in [1.29, 1.82) is 0 Å². The van der Waals surface area contributed by atoms with E-state index in [1.165, 1.54) is 0 Å². The molecule has 3 aliphatic rings. The molecule has 4 amide bonds. The maximum Gasteiger partial charge on any atom is 0.262 e. The van der Waals surface area contributed by atoms with E-state index < -0.39 is 29.7 Å². The van der Waals surface area contributed by atoms with Crippen molar-refractivity contribution in [1.82, 2.24) is 20.0 Å². The lowest BCUT2D eigenvalue weighted by molar-refractivity contribution is -0.136. The molecule has 3 N–H and O–H groups in total. The highest BCUT2D eigenvalue weighted by Gasteiger charge is 2.44. The lowest BCUT2D eigenvalue weighted by Gasteiger charge is -2.30. The van der Waals surface area contributed by atoms with E-state index in [2.05, 4.69) is 15.3 Å². The average molecular weight is 422 g/mol. The number of piperidine rings is 1. The number of nitrogens with zero attached hydrogens (tertiary/aromatic N) is 4. The third kappa shape index (κ3) is 2.97. The summed E-state index contributed by atoms with van der Waals surface area (Å²) < 4.78 is 1.90. The second-order valence-electron chi connectivity index (χ2n) is 8.15. The van der Waals surface area contributed by atoms with Gasteiger partial charge in [0.05, 0.1) is 22.5 Å². The topological polar surface area (TPSA) is 131 Å². The summed E-state index contributed by atoms with van der Waals surface area (Å²) in [5, 5.41) is 6.68. The van der Waals surface area contributed by atoms with Crippen molar-refractivity contribution in [2.45, 2.75) is 45.3 Å². The number of rotatable bonds is 3. The first kappa shape index (κ1) is 19.3. The SMILES string of the molecule is Cc1nn2c(c1N)N(Cc1ccc3c(c1)C(=O)N(C1CCC(=O)NC1=O)C3=O)CCC2. The molecular weight excluding hydrogens is 400 g/mol. The molecular formula is C21H22N6O4. The molecule has 5 rings (SSSR count). The van der Waals surface area contributed by atoms with Gasteiger partial charge in [-0.15, -0.1) is 0 Å². The van der Waals surface area contributed by atoms with Crippen LogP contribution in [0.1, 0.15) is 51.2 Å². The van der Waals surface area contributed by atoms with Crippen LogP contribution in [0, 0.1) is 6.92 Å². The predicted molar refractivity (Wildman–Crippen MR) is 110 cm³/mol. The Morgan fingerprint density at radius 2 is 1.90 bits per heavy atom. The second-order valence-corrected chi connectivity index (χ2v) is 8.15. The number of benzene rings is 1. The minimum atomic E-state index is -0.965. The molecule has 0 aliphatic carbocycles. The third-order valence-electron chi connectivity index (χ3n) is 6.12. The van der Waals surface area contributed by atoms with Gasteiger partial charge in [-0.05, 0) is 37.5 Å². The number of amides is 4. The van der Waals surface area contributed by atoms with E-state index in [1.807, 2.05) is 17.7 Å². The molecule has 2 aromatic rings. The van der Waals surface area contributed by atoms with Crippen LogP contribution in [-0.4, -0.2) is 50.9 Å². The molecule has 1 atom stereocenters. The maximum atomic E-state index is 13.0. The standard InChI is InChI=1S/C21H22N6O4/c1-11-17(22)19-25(7-2-8-26(19)24-11)10-12-3-4-13-14(9-12)21(31)27(20(13)30)15-5-6-16(28)23-18(15)29/h3-4,9,15H,2,5-8,10,22H2,1H3,(H,23,28,29). The van der Waals surface area contributed by atoms with Crippen molar-refractivity contribution in [3.8, 4) is 0 Å². The molecule has 3 aliphatic heterocycles. The lowest BCUT2D eigenvalue weighted by atomic mass is 10.0. The van der Waals surface area contributed by atoms with Gasteiger partial charge < -0.3 is 10.6 Å². The number of nitrogens with two attached hydrogens (primary N) is 1. The first-order valence-corrected chi connectivity index (χ1v) is 10.3. The Bertz CT molecular complexity index is 1150. The van der Waals surface area contributed by atoms with Gasteiger partial charge in [0, 0.05) is 26.1 Å². The Kier molecular flexibility index (Phi) is 4.31. The Balaban J connectivity index is 1.42. The number of aryl methyl sites for hydroxylation is 2. The molecule has 0 spiro atoms. The zero-order valence-corrected chi connectivity index (χ0v) is 17.1. The fraction of sp³-hybridized carbons (Fsp3) is 0.381. The van der Waals surface area contributed by atoms with Gasteiger partial charge in [-0.2, -0.15) is 5.10 Å². The van der Waals surface area contributed by atoms with Gasteiger partial charge in [-0.3, -0.25) is 29.4 Å². The highest BCUT2D eigenvalue weighted by molar-refractivity contribution is 6.23. The Hall–Kier alpha value is -3.69. The van der Waals surface area contributed by atoms with Gasteiger partial charge in [0.2, 0.25) is 11.8 Å². The number of anilines is 2. The van der Waals surface area contributed by atoms with Crippen LogP contribution in [0.15, 0.2) is 18.2 Å². The molecule has 1 aromatic carbocycles. The quantitative estimate of drug-likeness (QED) is 0.692. The first-order chi connectivity index (χ1) is 14.8. The number of carbonyl (C=O) groups is 4. The summed E-state index contributed by atoms with van der Waals surface area (Å²) in [5.74, 6) is -1.14. The molecule has 4 heterocycles. The number of imide groups is 2. The molecule has 1 unspecified atom stereocenters. The predicted octanol–water partition coefficient (Wildman–Crippen LogP) is 0.585. The second kappa shape index (κ2) is 6.93. The molecule has 0 saturated carbocycles. The number of nitrogen functional groups attached to an aromatic ring is 1. The van der Waals surface area contributed by atoms with Crippen LogP contribution >= 0.6 is 0 Å². The van der Waals surface area contributed by atoms with Gasteiger partial charge in [-0.1, -0.05) is 6.07 Å². The van der Waals surface area contributed by atoms with Gasteiger partial charge in [0.15, 0.2) is 5.82 Å². The van der Waals surface area contributed by atoms with Crippen molar-refractivity contribution in [2.24, 2.45) is 0 Å². The Morgan fingerprint density at radius 3 is 2.68 bits per heavy atom. The summed E-state index contributed by atoms with van der Waals surface area (Å²) in [6, 6.07) is 4.19. The highest BCUT2D eigenvalue weighted by atomic mass is 16.2. The smallest absolute Gasteiger partial charge is 0.262 e. The largest absolute Gasteiger partial charge is 0.394 e. The van der Waals surface area contributed by atoms with Crippen molar-refractivity contribution >= 4 is 35.1 Å². The summed E-state index contributed by atoms with van der Waals surface area (Å²) in [6.45, 7) is 4.01. The fourth-order valence-electron chi connectivity index (χ4n) is 4.58. The first-order valence-electron chi connectivity index (χ1n) is 10.3. The van der Waals surface area contributed by atoms with Crippen molar-refractivity contribution in [3.63, 3.8) is 0 Å². The number of aromatic nitrogens is 2. The third-order valence-corrected chi connectivity index (χ3v) is 6.12. The van der Waals surface area contributed by atoms with E-state index in [0.29, 0.717) is 12.2 Å². The van der Waals surface area contributed by atoms with Gasteiger partial charge in [0.1, 0.15) is 6.04 Å². The normalized spacial score (nSPS) is 20.7. The van der Waals surface area contributed by atoms with Crippen LogP contribution in [0.3, 0.4) is 0 Å². The molecule has 160 valence electrons. The number of fused-ring (bicyclic) bond motifs is 2. The average Bonchev–Trinajstić information content (AvgIpc) is 3.16. The summed E-state index contributed by atoms with van der Waals surface area (Å²) in [7, 11) is 0. The van der Waals surface area contributed by atoms with Gasteiger partial charge in [-0.25, -0.2) is 4.68 Å². The van der Waals surface area contributed by atoms with E-state index in [9.17, 15) is 19.2 Å². The number of hydrogen-bond acceptors (Lipinski definition) is 7. The van der Waals surface area contributed by atoms with E-state index in [-0.39, 0.29) is 24.0 Å². The molecule has 1 aromatic heterocycles. The summed E-state index contributed by atoms with van der Waals surface area (Å²) >= 11 is 0.